The topological polar surface area (TPSA) is 67.1 Å². The molecule has 0 radical (unpaired) electrons. The zero-order valence-electron chi connectivity index (χ0n) is 11.3. The SMILES string of the molecule is Cc1cnc(NN)nc1N(C)CC1CCCCC1. The van der Waals surface area contributed by atoms with Crippen LogP contribution >= 0.6 is 0 Å². The predicted octanol–water partition coefficient (Wildman–Crippen LogP) is 2.09. The predicted molar refractivity (Wildman–Crippen MR) is 74.4 cm³/mol. The number of aryl methyl sites for hydroxylation is 1. The van der Waals surface area contributed by atoms with Crippen molar-refractivity contribution in [1.82, 2.24) is 9.97 Å². The number of hydrogen-bond donors (Lipinski definition) is 2. The van der Waals surface area contributed by atoms with Gasteiger partial charge in [0, 0.05) is 25.4 Å². The van der Waals surface area contributed by atoms with Gasteiger partial charge in [-0.25, -0.2) is 10.8 Å². The van der Waals surface area contributed by atoms with Crippen LogP contribution in [0.25, 0.3) is 0 Å². The lowest BCUT2D eigenvalue weighted by Gasteiger charge is -2.28. The van der Waals surface area contributed by atoms with E-state index in [4.69, 9.17) is 5.84 Å². The molecule has 1 aromatic heterocycles. The Morgan fingerprint density at radius 2 is 2.11 bits per heavy atom. The van der Waals surface area contributed by atoms with Crippen LogP contribution in [0, 0.1) is 12.8 Å². The molecule has 5 nitrogen and oxygen atoms in total. The lowest BCUT2D eigenvalue weighted by atomic mass is 9.89. The Bertz CT molecular complexity index is 387. The largest absolute Gasteiger partial charge is 0.359 e. The van der Waals surface area contributed by atoms with Gasteiger partial charge >= 0.3 is 0 Å². The minimum Gasteiger partial charge on any atom is -0.359 e. The van der Waals surface area contributed by atoms with E-state index in [1.54, 1.807) is 0 Å². The zero-order chi connectivity index (χ0) is 13.0. The molecule has 5 heteroatoms. The van der Waals surface area contributed by atoms with Crippen LogP contribution in [-0.2, 0) is 0 Å². The second-order valence-corrected chi connectivity index (χ2v) is 5.23. The van der Waals surface area contributed by atoms with E-state index in [9.17, 15) is 0 Å². The maximum Gasteiger partial charge on any atom is 0.239 e. The molecular weight excluding hydrogens is 226 g/mol. The molecule has 1 aliphatic carbocycles. The van der Waals surface area contributed by atoms with Gasteiger partial charge in [0.15, 0.2) is 0 Å². The summed E-state index contributed by atoms with van der Waals surface area (Å²) in [6.45, 7) is 3.11. The number of nitrogens with two attached hydrogens (primary N) is 1. The van der Waals surface area contributed by atoms with Crippen LogP contribution < -0.4 is 16.2 Å². The Hall–Kier alpha value is -1.36. The molecule has 1 aromatic rings. The third-order valence-corrected chi connectivity index (χ3v) is 3.69. The molecule has 0 aliphatic heterocycles. The van der Waals surface area contributed by atoms with E-state index < -0.39 is 0 Å². The molecule has 0 amide bonds. The van der Waals surface area contributed by atoms with Crippen molar-refractivity contribution in [1.29, 1.82) is 0 Å². The molecule has 0 unspecified atom stereocenters. The number of aromatic nitrogens is 2. The maximum absolute atomic E-state index is 5.36. The first-order valence-electron chi connectivity index (χ1n) is 6.72. The molecule has 3 N–H and O–H groups in total. The first-order valence-corrected chi connectivity index (χ1v) is 6.72. The number of nitrogens with one attached hydrogen (secondary N) is 1. The van der Waals surface area contributed by atoms with Gasteiger partial charge in [0.1, 0.15) is 5.82 Å². The summed E-state index contributed by atoms with van der Waals surface area (Å²) < 4.78 is 0. The summed E-state index contributed by atoms with van der Waals surface area (Å²) in [5, 5.41) is 0. The minimum absolute atomic E-state index is 0.478. The smallest absolute Gasteiger partial charge is 0.239 e. The van der Waals surface area contributed by atoms with Crippen molar-refractivity contribution in [2.75, 3.05) is 23.9 Å². The standard InChI is InChI=1S/C13H23N5/c1-10-8-15-13(17-14)16-12(10)18(2)9-11-6-4-3-5-7-11/h8,11H,3-7,9,14H2,1-2H3,(H,15,16,17). The summed E-state index contributed by atoms with van der Waals surface area (Å²) in [7, 11) is 2.10. The van der Waals surface area contributed by atoms with Crippen LogP contribution in [-0.4, -0.2) is 23.6 Å². The lowest BCUT2D eigenvalue weighted by molar-refractivity contribution is 0.361. The van der Waals surface area contributed by atoms with Crippen LogP contribution in [0.1, 0.15) is 37.7 Å². The first kappa shape index (κ1) is 13.1. The average Bonchev–Trinajstić information content (AvgIpc) is 2.40. The summed E-state index contributed by atoms with van der Waals surface area (Å²) in [6, 6.07) is 0. The Morgan fingerprint density at radius 3 is 2.78 bits per heavy atom. The first-order chi connectivity index (χ1) is 8.70. The van der Waals surface area contributed by atoms with E-state index in [-0.39, 0.29) is 0 Å². The number of nitrogens with zero attached hydrogens (tertiary/aromatic N) is 3. The molecule has 0 spiro atoms. The van der Waals surface area contributed by atoms with Crippen LogP contribution in [0.5, 0.6) is 0 Å². The van der Waals surface area contributed by atoms with Gasteiger partial charge in [0.25, 0.3) is 0 Å². The van der Waals surface area contributed by atoms with Gasteiger partial charge in [0.05, 0.1) is 0 Å². The van der Waals surface area contributed by atoms with Crippen molar-refractivity contribution in [3.05, 3.63) is 11.8 Å². The van der Waals surface area contributed by atoms with Gasteiger partial charge in [-0.1, -0.05) is 19.3 Å². The van der Waals surface area contributed by atoms with E-state index in [1.165, 1.54) is 32.1 Å². The van der Waals surface area contributed by atoms with Crippen molar-refractivity contribution in [3.8, 4) is 0 Å². The summed E-state index contributed by atoms with van der Waals surface area (Å²) in [5.41, 5.74) is 3.59. The number of nitrogen functional groups attached to an aromatic ring is 1. The molecule has 2 rings (SSSR count). The highest BCUT2D eigenvalue weighted by atomic mass is 15.3. The number of anilines is 2. The molecule has 0 atom stereocenters. The van der Waals surface area contributed by atoms with Crippen LogP contribution in [0.15, 0.2) is 6.20 Å². The Balaban J connectivity index is 2.04. The molecular formula is C13H23N5. The lowest BCUT2D eigenvalue weighted by Crippen LogP contribution is -2.28. The molecule has 0 aromatic carbocycles. The molecule has 1 fully saturated rings. The molecule has 100 valence electrons. The highest BCUT2D eigenvalue weighted by molar-refractivity contribution is 5.48. The highest BCUT2D eigenvalue weighted by Gasteiger charge is 2.17. The Labute approximate surface area is 109 Å². The molecule has 18 heavy (non-hydrogen) atoms. The number of rotatable bonds is 4. The summed E-state index contributed by atoms with van der Waals surface area (Å²) in [4.78, 5) is 10.8. The second kappa shape index (κ2) is 6.00. The normalized spacial score (nSPS) is 16.6. The van der Waals surface area contributed by atoms with Crippen molar-refractivity contribution in [2.24, 2.45) is 11.8 Å². The molecule has 1 aliphatic rings. The Morgan fingerprint density at radius 1 is 1.39 bits per heavy atom. The van der Waals surface area contributed by atoms with Gasteiger partial charge < -0.3 is 4.90 Å². The molecule has 1 heterocycles. The summed E-state index contributed by atoms with van der Waals surface area (Å²) in [5.74, 6) is 7.61. The minimum atomic E-state index is 0.478. The van der Waals surface area contributed by atoms with E-state index >= 15 is 0 Å². The van der Waals surface area contributed by atoms with Crippen LogP contribution in [0.2, 0.25) is 0 Å². The van der Waals surface area contributed by atoms with Gasteiger partial charge in [-0.15, -0.1) is 0 Å². The maximum atomic E-state index is 5.36. The van der Waals surface area contributed by atoms with E-state index in [0.717, 1.165) is 23.8 Å². The van der Waals surface area contributed by atoms with E-state index in [1.807, 2.05) is 13.1 Å². The second-order valence-electron chi connectivity index (χ2n) is 5.23. The van der Waals surface area contributed by atoms with Gasteiger partial charge in [-0.2, -0.15) is 4.98 Å². The Kier molecular flexibility index (Phi) is 4.36. The monoisotopic (exact) mass is 249 g/mol. The van der Waals surface area contributed by atoms with Crippen molar-refractivity contribution >= 4 is 11.8 Å². The van der Waals surface area contributed by atoms with Crippen molar-refractivity contribution in [3.63, 3.8) is 0 Å². The van der Waals surface area contributed by atoms with E-state index in [2.05, 4.69) is 27.3 Å². The fraction of sp³-hybridized carbons (Fsp3) is 0.692. The van der Waals surface area contributed by atoms with E-state index in [0.29, 0.717) is 5.95 Å². The van der Waals surface area contributed by atoms with Gasteiger partial charge in [-0.05, 0) is 25.7 Å². The summed E-state index contributed by atoms with van der Waals surface area (Å²) in [6.07, 6.45) is 8.64. The summed E-state index contributed by atoms with van der Waals surface area (Å²) >= 11 is 0. The van der Waals surface area contributed by atoms with Gasteiger partial charge in [0.2, 0.25) is 5.95 Å². The molecule has 0 bridgehead atoms. The fourth-order valence-corrected chi connectivity index (χ4v) is 2.73. The van der Waals surface area contributed by atoms with Crippen molar-refractivity contribution in [2.45, 2.75) is 39.0 Å². The van der Waals surface area contributed by atoms with Crippen LogP contribution in [0.3, 0.4) is 0 Å². The molecule has 0 saturated heterocycles. The fourth-order valence-electron chi connectivity index (χ4n) is 2.73. The highest BCUT2D eigenvalue weighted by Crippen LogP contribution is 2.26. The third-order valence-electron chi connectivity index (χ3n) is 3.69. The average molecular weight is 249 g/mol. The van der Waals surface area contributed by atoms with Crippen molar-refractivity contribution < 1.29 is 0 Å². The number of hydrogen-bond acceptors (Lipinski definition) is 5. The van der Waals surface area contributed by atoms with Crippen LogP contribution in [0.4, 0.5) is 11.8 Å². The zero-order valence-corrected chi connectivity index (χ0v) is 11.3. The number of hydrazine groups is 1. The molecule has 1 saturated carbocycles. The quantitative estimate of drug-likeness (QED) is 0.632. The third kappa shape index (κ3) is 3.10. The van der Waals surface area contributed by atoms with Gasteiger partial charge in [-0.3, -0.25) is 5.43 Å².